The number of rotatable bonds is 3. The second kappa shape index (κ2) is 4.52. The molecule has 0 aliphatic carbocycles. The van der Waals surface area contributed by atoms with Gasteiger partial charge in [0.05, 0.1) is 11.9 Å². The predicted molar refractivity (Wildman–Crippen MR) is 63.0 cm³/mol. The van der Waals surface area contributed by atoms with Crippen molar-refractivity contribution >= 4 is 21.6 Å². The summed E-state index contributed by atoms with van der Waals surface area (Å²) in [6.07, 6.45) is 1.07. The van der Waals surface area contributed by atoms with Crippen molar-refractivity contribution < 1.29 is 13.2 Å². The number of hydrogen-bond donors (Lipinski definition) is 2. The molecule has 0 radical (unpaired) electrons. The monoisotopic (exact) mass is 242 g/mol. The van der Waals surface area contributed by atoms with Gasteiger partial charge in [-0.1, -0.05) is 6.07 Å². The van der Waals surface area contributed by atoms with Gasteiger partial charge in [-0.2, -0.15) is 0 Å². The summed E-state index contributed by atoms with van der Waals surface area (Å²) in [6, 6.07) is 4.88. The number of sulfonamides is 1. The number of hydrogen-bond acceptors (Lipinski definition) is 3. The first kappa shape index (κ1) is 12.5. The molecule has 0 fully saturated rings. The highest BCUT2D eigenvalue weighted by molar-refractivity contribution is 7.92. The van der Waals surface area contributed by atoms with Crippen LogP contribution < -0.4 is 10.0 Å². The van der Waals surface area contributed by atoms with E-state index < -0.39 is 10.0 Å². The van der Waals surface area contributed by atoms with Crippen LogP contribution in [0.25, 0.3) is 0 Å². The summed E-state index contributed by atoms with van der Waals surface area (Å²) in [5.74, 6) is -0.241. The molecule has 0 aromatic heterocycles. The van der Waals surface area contributed by atoms with Gasteiger partial charge in [-0.15, -0.1) is 0 Å². The Hall–Kier alpha value is -1.56. The third-order valence-corrected chi connectivity index (χ3v) is 2.69. The molecule has 1 amide bonds. The van der Waals surface area contributed by atoms with E-state index in [9.17, 15) is 13.2 Å². The average Bonchev–Trinajstić information content (AvgIpc) is 2.18. The Labute approximate surface area is 94.9 Å². The molecule has 2 N–H and O–H groups in total. The van der Waals surface area contributed by atoms with Gasteiger partial charge >= 0.3 is 0 Å². The van der Waals surface area contributed by atoms with Crippen molar-refractivity contribution in [2.75, 3.05) is 18.0 Å². The first-order valence-corrected chi connectivity index (χ1v) is 6.54. The molecule has 0 saturated heterocycles. The van der Waals surface area contributed by atoms with E-state index in [1.54, 1.807) is 25.1 Å². The van der Waals surface area contributed by atoms with Crippen molar-refractivity contribution in [3.05, 3.63) is 29.3 Å². The van der Waals surface area contributed by atoms with E-state index in [2.05, 4.69) is 10.0 Å². The van der Waals surface area contributed by atoms with Crippen molar-refractivity contribution in [2.24, 2.45) is 0 Å². The zero-order valence-corrected chi connectivity index (χ0v) is 10.2. The van der Waals surface area contributed by atoms with Crippen LogP contribution in [0.4, 0.5) is 5.69 Å². The molecule has 0 saturated carbocycles. The maximum atomic E-state index is 11.5. The Kier molecular flexibility index (Phi) is 3.54. The average molecular weight is 242 g/mol. The lowest BCUT2D eigenvalue weighted by Crippen LogP contribution is -2.20. The standard InChI is InChI=1S/C10H14N2O3S/c1-7-8(10(13)11-2)5-4-6-9(7)12-16(3,14)15/h4-6,12H,1-3H3,(H,11,13). The molecule has 0 aliphatic rings. The molecular weight excluding hydrogens is 228 g/mol. The Balaban J connectivity index is 3.19. The number of amides is 1. The van der Waals surface area contributed by atoms with E-state index in [-0.39, 0.29) is 5.91 Å². The molecule has 0 spiro atoms. The molecule has 0 atom stereocenters. The molecule has 0 aliphatic heterocycles. The molecule has 6 heteroatoms. The molecule has 1 aromatic carbocycles. The number of carbonyl (C=O) groups excluding carboxylic acids is 1. The SMILES string of the molecule is CNC(=O)c1cccc(NS(C)(=O)=O)c1C. The fraction of sp³-hybridized carbons (Fsp3) is 0.300. The van der Waals surface area contributed by atoms with Crippen LogP contribution in [0, 0.1) is 6.92 Å². The van der Waals surface area contributed by atoms with Crippen LogP contribution in [0.15, 0.2) is 18.2 Å². The summed E-state index contributed by atoms with van der Waals surface area (Å²) < 4.78 is 24.5. The summed E-state index contributed by atoms with van der Waals surface area (Å²) in [6.45, 7) is 1.69. The Morgan fingerprint density at radius 2 is 1.94 bits per heavy atom. The highest BCUT2D eigenvalue weighted by atomic mass is 32.2. The van der Waals surface area contributed by atoms with Crippen molar-refractivity contribution in [1.29, 1.82) is 0 Å². The third kappa shape index (κ3) is 2.96. The molecule has 0 unspecified atom stereocenters. The maximum Gasteiger partial charge on any atom is 0.251 e. The highest BCUT2D eigenvalue weighted by Gasteiger charge is 2.11. The van der Waals surface area contributed by atoms with E-state index in [0.29, 0.717) is 16.8 Å². The second-order valence-electron chi connectivity index (χ2n) is 3.43. The van der Waals surface area contributed by atoms with E-state index in [1.807, 2.05) is 0 Å². The summed E-state index contributed by atoms with van der Waals surface area (Å²) >= 11 is 0. The molecule has 16 heavy (non-hydrogen) atoms. The molecule has 0 bridgehead atoms. The quantitative estimate of drug-likeness (QED) is 0.820. The molecular formula is C10H14N2O3S. The van der Waals surface area contributed by atoms with Crippen LogP contribution in [0.1, 0.15) is 15.9 Å². The lowest BCUT2D eigenvalue weighted by atomic mass is 10.1. The van der Waals surface area contributed by atoms with Crippen LogP contribution in [-0.2, 0) is 10.0 Å². The van der Waals surface area contributed by atoms with Crippen LogP contribution in [0.5, 0.6) is 0 Å². The molecule has 1 aromatic rings. The Morgan fingerprint density at radius 3 is 2.44 bits per heavy atom. The molecule has 1 rings (SSSR count). The zero-order valence-electron chi connectivity index (χ0n) is 9.37. The largest absolute Gasteiger partial charge is 0.355 e. The highest BCUT2D eigenvalue weighted by Crippen LogP contribution is 2.19. The molecule has 0 heterocycles. The summed E-state index contributed by atoms with van der Waals surface area (Å²) in [7, 11) is -1.80. The van der Waals surface area contributed by atoms with Gasteiger partial charge in [-0.25, -0.2) is 8.42 Å². The van der Waals surface area contributed by atoms with Gasteiger partial charge in [0.25, 0.3) is 5.91 Å². The summed E-state index contributed by atoms with van der Waals surface area (Å²) in [5, 5.41) is 2.50. The Morgan fingerprint density at radius 1 is 1.31 bits per heavy atom. The maximum absolute atomic E-state index is 11.5. The fourth-order valence-electron chi connectivity index (χ4n) is 1.33. The third-order valence-electron chi connectivity index (χ3n) is 2.10. The number of benzene rings is 1. The van der Waals surface area contributed by atoms with Gasteiger partial charge in [-0.05, 0) is 24.6 Å². The topological polar surface area (TPSA) is 75.3 Å². The van der Waals surface area contributed by atoms with Crippen LogP contribution in [0.3, 0.4) is 0 Å². The lowest BCUT2D eigenvalue weighted by Gasteiger charge is -2.10. The van der Waals surface area contributed by atoms with Gasteiger partial charge in [0, 0.05) is 12.6 Å². The van der Waals surface area contributed by atoms with Gasteiger partial charge in [0.1, 0.15) is 0 Å². The van der Waals surface area contributed by atoms with Crippen molar-refractivity contribution in [3.8, 4) is 0 Å². The van der Waals surface area contributed by atoms with E-state index in [4.69, 9.17) is 0 Å². The van der Waals surface area contributed by atoms with Crippen LogP contribution in [0.2, 0.25) is 0 Å². The minimum atomic E-state index is -3.33. The van der Waals surface area contributed by atoms with Gasteiger partial charge < -0.3 is 5.32 Å². The zero-order chi connectivity index (χ0) is 12.3. The molecule has 5 nitrogen and oxygen atoms in total. The van der Waals surface area contributed by atoms with Crippen LogP contribution >= 0.6 is 0 Å². The second-order valence-corrected chi connectivity index (χ2v) is 5.18. The van der Waals surface area contributed by atoms with Gasteiger partial charge in [-0.3, -0.25) is 9.52 Å². The smallest absolute Gasteiger partial charge is 0.251 e. The minimum absolute atomic E-state index is 0.241. The fourth-order valence-corrected chi connectivity index (χ4v) is 1.95. The first-order valence-electron chi connectivity index (χ1n) is 4.64. The van der Waals surface area contributed by atoms with Crippen LogP contribution in [-0.4, -0.2) is 27.6 Å². The molecule has 88 valence electrons. The Bertz CT molecular complexity index is 509. The van der Waals surface area contributed by atoms with E-state index in [0.717, 1.165) is 6.26 Å². The predicted octanol–water partition coefficient (Wildman–Crippen LogP) is 0.726. The van der Waals surface area contributed by atoms with E-state index in [1.165, 1.54) is 7.05 Å². The summed E-state index contributed by atoms with van der Waals surface area (Å²) in [4.78, 5) is 11.5. The first-order chi connectivity index (χ1) is 7.35. The summed E-state index contributed by atoms with van der Waals surface area (Å²) in [5.41, 5.74) is 1.48. The van der Waals surface area contributed by atoms with Crippen molar-refractivity contribution in [2.45, 2.75) is 6.92 Å². The number of anilines is 1. The normalized spacial score (nSPS) is 10.9. The van der Waals surface area contributed by atoms with Crippen molar-refractivity contribution in [3.63, 3.8) is 0 Å². The number of nitrogens with one attached hydrogen (secondary N) is 2. The number of carbonyl (C=O) groups is 1. The lowest BCUT2D eigenvalue weighted by molar-refractivity contribution is 0.0962. The van der Waals surface area contributed by atoms with Gasteiger partial charge in [0.15, 0.2) is 0 Å². The van der Waals surface area contributed by atoms with Crippen molar-refractivity contribution in [1.82, 2.24) is 5.32 Å². The minimum Gasteiger partial charge on any atom is -0.355 e. The van der Waals surface area contributed by atoms with E-state index >= 15 is 0 Å². The van der Waals surface area contributed by atoms with Gasteiger partial charge in [0.2, 0.25) is 10.0 Å².